The molecule has 1 aliphatic heterocycles. The van der Waals surface area contributed by atoms with Gasteiger partial charge in [-0.15, -0.1) is 11.6 Å². The Labute approximate surface area is 108 Å². The van der Waals surface area contributed by atoms with Crippen molar-refractivity contribution in [3.05, 3.63) is 5.89 Å². The average Bonchev–Trinajstić information content (AvgIpc) is 2.95. The van der Waals surface area contributed by atoms with E-state index >= 15 is 0 Å². The molecule has 98 valence electrons. The van der Waals surface area contributed by atoms with Crippen LogP contribution < -0.4 is 4.90 Å². The lowest BCUT2D eigenvalue weighted by molar-refractivity contribution is -0.117. The first-order valence-corrected chi connectivity index (χ1v) is 6.06. The van der Waals surface area contributed by atoms with E-state index in [9.17, 15) is 9.59 Å². The molecular weight excluding hydrogens is 262 g/mol. The second-order valence-corrected chi connectivity index (χ2v) is 4.15. The molecule has 1 unspecified atom stereocenters. The van der Waals surface area contributed by atoms with E-state index in [0.29, 0.717) is 18.8 Å². The van der Waals surface area contributed by atoms with Crippen molar-refractivity contribution >= 4 is 29.5 Å². The number of amides is 1. The first-order chi connectivity index (χ1) is 8.65. The van der Waals surface area contributed by atoms with E-state index in [1.54, 1.807) is 6.92 Å². The summed E-state index contributed by atoms with van der Waals surface area (Å²) in [4.78, 5) is 24.3. The summed E-state index contributed by atoms with van der Waals surface area (Å²) in [5.41, 5.74) is 0. The normalized spacial score (nSPS) is 19.3. The molecule has 0 aromatic carbocycles. The molecule has 0 spiro atoms. The van der Waals surface area contributed by atoms with Crippen molar-refractivity contribution in [2.24, 2.45) is 5.92 Å². The lowest BCUT2D eigenvalue weighted by atomic mass is 10.2. The number of carbonyl (C=O) groups is 2. The topological polar surface area (TPSA) is 85.5 Å². The Morgan fingerprint density at radius 1 is 1.61 bits per heavy atom. The molecule has 1 saturated heterocycles. The summed E-state index contributed by atoms with van der Waals surface area (Å²) in [5.74, 6) is -0.635. The van der Waals surface area contributed by atoms with Gasteiger partial charge in [-0.2, -0.15) is 0 Å². The molecule has 1 aliphatic rings. The highest BCUT2D eigenvalue weighted by Crippen LogP contribution is 2.24. The molecular formula is C10H12ClN3O4. The highest BCUT2D eigenvalue weighted by Gasteiger charge is 2.33. The van der Waals surface area contributed by atoms with Crippen molar-refractivity contribution < 1.29 is 18.7 Å². The minimum Gasteiger partial charge on any atom is -0.459 e. The number of nitrogens with zero attached hydrogens (tertiary/aromatic N) is 3. The van der Waals surface area contributed by atoms with Crippen LogP contribution in [0.1, 0.15) is 24.0 Å². The van der Waals surface area contributed by atoms with E-state index in [1.807, 2.05) is 0 Å². The predicted octanol–water partition coefficient (Wildman–Crippen LogP) is 0.838. The van der Waals surface area contributed by atoms with Crippen LogP contribution in [-0.4, -0.2) is 41.1 Å². The molecule has 7 nitrogen and oxygen atoms in total. The fourth-order valence-electron chi connectivity index (χ4n) is 1.67. The van der Waals surface area contributed by atoms with Gasteiger partial charge < -0.3 is 9.15 Å². The van der Waals surface area contributed by atoms with Crippen molar-refractivity contribution in [1.29, 1.82) is 0 Å². The van der Waals surface area contributed by atoms with Crippen molar-refractivity contribution in [1.82, 2.24) is 10.2 Å². The summed E-state index contributed by atoms with van der Waals surface area (Å²) in [6, 6.07) is 0.00988. The molecule has 0 N–H and O–H groups in total. The summed E-state index contributed by atoms with van der Waals surface area (Å²) in [5, 5.41) is 7.21. The molecule has 0 radical (unpaired) electrons. The SMILES string of the molecule is CCOC(=O)c1nnc(N2CC(CCl)CC2=O)o1. The Bertz CT molecular complexity index is 462. The Kier molecular flexibility index (Phi) is 3.81. The number of carbonyl (C=O) groups excluding carboxylic acids is 2. The molecule has 18 heavy (non-hydrogen) atoms. The molecule has 1 atom stereocenters. The Morgan fingerprint density at radius 2 is 2.39 bits per heavy atom. The minimum absolute atomic E-state index is 0.00988. The molecule has 0 aliphatic carbocycles. The number of rotatable bonds is 4. The summed E-state index contributed by atoms with van der Waals surface area (Å²) >= 11 is 5.70. The first-order valence-electron chi connectivity index (χ1n) is 5.52. The third-order valence-corrected chi connectivity index (χ3v) is 2.96. The van der Waals surface area contributed by atoms with Gasteiger partial charge in [0.1, 0.15) is 0 Å². The predicted molar refractivity (Wildman–Crippen MR) is 61.4 cm³/mol. The first kappa shape index (κ1) is 12.8. The fourth-order valence-corrected chi connectivity index (χ4v) is 1.88. The van der Waals surface area contributed by atoms with Crippen LogP contribution in [-0.2, 0) is 9.53 Å². The van der Waals surface area contributed by atoms with Crippen molar-refractivity contribution in [2.45, 2.75) is 13.3 Å². The van der Waals surface area contributed by atoms with Crippen LogP contribution in [0, 0.1) is 5.92 Å². The minimum atomic E-state index is -0.697. The zero-order valence-electron chi connectivity index (χ0n) is 9.76. The van der Waals surface area contributed by atoms with Crippen LogP contribution in [0.2, 0.25) is 0 Å². The molecule has 2 heterocycles. The Hall–Kier alpha value is -1.63. The summed E-state index contributed by atoms with van der Waals surface area (Å²) in [7, 11) is 0. The molecule has 2 rings (SSSR count). The van der Waals surface area contributed by atoms with Crippen molar-refractivity contribution in [3.63, 3.8) is 0 Å². The van der Waals surface area contributed by atoms with Crippen molar-refractivity contribution in [2.75, 3.05) is 23.9 Å². The van der Waals surface area contributed by atoms with Gasteiger partial charge in [0.25, 0.3) is 0 Å². The molecule has 1 fully saturated rings. The number of halogens is 1. The molecule has 1 aromatic heterocycles. The quantitative estimate of drug-likeness (QED) is 0.597. The maximum atomic E-state index is 11.7. The van der Waals surface area contributed by atoms with Crippen LogP contribution in [0.3, 0.4) is 0 Å². The number of hydrogen-bond donors (Lipinski definition) is 0. The third-order valence-electron chi connectivity index (χ3n) is 2.52. The van der Waals surface area contributed by atoms with Crippen LogP contribution >= 0.6 is 11.6 Å². The van der Waals surface area contributed by atoms with E-state index in [1.165, 1.54) is 4.90 Å². The second-order valence-electron chi connectivity index (χ2n) is 3.84. The van der Waals surface area contributed by atoms with Crippen LogP contribution in [0.25, 0.3) is 0 Å². The number of aromatic nitrogens is 2. The third kappa shape index (κ3) is 2.45. The fraction of sp³-hybridized carbons (Fsp3) is 0.600. The van der Waals surface area contributed by atoms with Gasteiger partial charge in [-0.25, -0.2) is 4.79 Å². The van der Waals surface area contributed by atoms with Gasteiger partial charge in [-0.05, 0) is 12.8 Å². The smallest absolute Gasteiger partial charge is 0.396 e. The van der Waals surface area contributed by atoms with Gasteiger partial charge in [0.05, 0.1) is 6.61 Å². The van der Waals surface area contributed by atoms with Crippen LogP contribution in [0.4, 0.5) is 6.01 Å². The average molecular weight is 274 g/mol. The van der Waals surface area contributed by atoms with Gasteiger partial charge in [0.15, 0.2) is 0 Å². The number of anilines is 1. The van der Waals surface area contributed by atoms with Gasteiger partial charge in [-0.1, -0.05) is 10.2 Å². The summed E-state index contributed by atoms with van der Waals surface area (Å²) in [6.45, 7) is 2.31. The molecule has 0 saturated carbocycles. The lowest BCUT2D eigenvalue weighted by Crippen LogP contribution is -2.25. The van der Waals surface area contributed by atoms with Crippen molar-refractivity contribution in [3.8, 4) is 0 Å². The largest absolute Gasteiger partial charge is 0.459 e. The molecule has 1 aromatic rings. The molecule has 0 bridgehead atoms. The van der Waals surface area contributed by atoms with E-state index in [-0.39, 0.29) is 30.3 Å². The number of alkyl halides is 1. The standard InChI is InChI=1S/C10H12ClN3O4/c1-2-17-9(16)8-12-13-10(18-8)14-5-6(4-11)3-7(14)15/h6H,2-5H2,1H3. The number of ether oxygens (including phenoxy) is 1. The highest BCUT2D eigenvalue weighted by molar-refractivity contribution is 6.18. The summed E-state index contributed by atoms with van der Waals surface area (Å²) in [6.07, 6.45) is 0.348. The summed E-state index contributed by atoms with van der Waals surface area (Å²) < 4.78 is 9.82. The van der Waals surface area contributed by atoms with E-state index in [2.05, 4.69) is 10.2 Å². The maximum Gasteiger partial charge on any atom is 0.396 e. The monoisotopic (exact) mass is 273 g/mol. The Balaban J connectivity index is 2.11. The van der Waals surface area contributed by atoms with Gasteiger partial charge >= 0.3 is 17.9 Å². The van der Waals surface area contributed by atoms with Gasteiger partial charge in [0, 0.05) is 18.8 Å². The van der Waals surface area contributed by atoms with Crippen LogP contribution in [0.5, 0.6) is 0 Å². The number of hydrogen-bond acceptors (Lipinski definition) is 6. The molecule has 1 amide bonds. The van der Waals surface area contributed by atoms with E-state index < -0.39 is 5.97 Å². The second kappa shape index (κ2) is 5.34. The zero-order valence-corrected chi connectivity index (χ0v) is 10.5. The lowest BCUT2D eigenvalue weighted by Gasteiger charge is -2.09. The number of esters is 1. The van der Waals surface area contributed by atoms with Crippen LogP contribution in [0.15, 0.2) is 4.42 Å². The van der Waals surface area contributed by atoms with Gasteiger partial charge in [-0.3, -0.25) is 9.69 Å². The zero-order chi connectivity index (χ0) is 13.1. The van der Waals surface area contributed by atoms with E-state index in [4.69, 9.17) is 20.8 Å². The van der Waals surface area contributed by atoms with Gasteiger partial charge in [0.2, 0.25) is 5.91 Å². The van der Waals surface area contributed by atoms with E-state index in [0.717, 1.165) is 0 Å². The highest BCUT2D eigenvalue weighted by atomic mass is 35.5. The Morgan fingerprint density at radius 3 is 3.00 bits per heavy atom. The molecule has 8 heteroatoms. The maximum absolute atomic E-state index is 11.7.